The SMILES string of the molecule is OC(CNCC1CCCOC1)c1ccsc1. The Labute approximate surface area is 100 Å². The predicted octanol–water partition coefficient (Wildman–Crippen LogP) is 1.80. The average Bonchev–Trinajstić information content (AvgIpc) is 2.84. The molecule has 3 nitrogen and oxygen atoms in total. The van der Waals surface area contributed by atoms with Gasteiger partial charge in [-0.15, -0.1) is 0 Å². The Morgan fingerprint density at radius 2 is 2.56 bits per heavy atom. The van der Waals surface area contributed by atoms with Crippen LogP contribution in [0.3, 0.4) is 0 Å². The number of nitrogens with one attached hydrogen (secondary N) is 1. The molecule has 0 radical (unpaired) electrons. The molecule has 2 heterocycles. The molecule has 0 amide bonds. The Bertz CT molecular complexity index is 283. The molecular formula is C12H19NO2S. The van der Waals surface area contributed by atoms with Crippen LogP contribution in [-0.4, -0.2) is 31.4 Å². The van der Waals surface area contributed by atoms with Gasteiger partial charge in [-0.3, -0.25) is 0 Å². The van der Waals surface area contributed by atoms with E-state index in [0.717, 1.165) is 25.3 Å². The number of rotatable bonds is 5. The zero-order chi connectivity index (χ0) is 11.2. The normalized spacial score (nSPS) is 23.2. The summed E-state index contributed by atoms with van der Waals surface area (Å²) in [6.45, 7) is 3.35. The lowest BCUT2D eigenvalue weighted by atomic mass is 10.0. The molecule has 2 N–H and O–H groups in total. The predicted molar refractivity (Wildman–Crippen MR) is 65.7 cm³/mol. The van der Waals surface area contributed by atoms with Crippen LogP contribution in [0.4, 0.5) is 0 Å². The summed E-state index contributed by atoms with van der Waals surface area (Å²) in [5, 5.41) is 17.2. The van der Waals surface area contributed by atoms with Gasteiger partial charge in [-0.1, -0.05) is 0 Å². The molecule has 1 aromatic rings. The van der Waals surface area contributed by atoms with Gasteiger partial charge >= 0.3 is 0 Å². The zero-order valence-corrected chi connectivity index (χ0v) is 10.2. The van der Waals surface area contributed by atoms with Crippen LogP contribution < -0.4 is 5.32 Å². The molecule has 90 valence electrons. The average molecular weight is 241 g/mol. The molecule has 0 aromatic carbocycles. The van der Waals surface area contributed by atoms with Crippen molar-refractivity contribution in [2.75, 3.05) is 26.3 Å². The maximum Gasteiger partial charge on any atom is 0.0922 e. The number of aliphatic hydroxyl groups excluding tert-OH is 1. The smallest absolute Gasteiger partial charge is 0.0922 e. The summed E-state index contributed by atoms with van der Waals surface area (Å²) in [6, 6.07) is 1.97. The van der Waals surface area contributed by atoms with Crippen LogP contribution in [0.15, 0.2) is 16.8 Å². The standard InChI is InChI=1S/C12H19NO2S/c14-12(11-3-5-16-9-11)7-13-6-10-2-1-4-15-8-10/h3,5,9-10,12-14H,1-2,4,6-8H2. The number of ether oxygens (including phenoxy) is 1. The van der Waals surface area contributed by atoms with E-state index in [1.54, 1.807) is 11.3 Å². The fourth-order valence-electron chi connectivity index (χ4n) is 1.98. The molecule has 0 aliphatic carbocycles. The summed E-state index contributed by atoms with van der Waals surface area (Å²) in [4.78, 5) is 0. The highest BCUT2D eigenvalue weighted by Gasteiger charge is 2.14. The van der Waals surface area contributed by atoms with E-state index < -0.39 is 0 Å². The Kier molecular flexibility index (Phi) is 4.78. The molecule has 1 aromatic heterocycles. The highest BCUT2D eigenvalue weighted by molar-refractivity contribution is 7.07. The van der Waals surface area contributed by atoms with E-state index in [2.05, 4.69) is 5.32 Å². The van der Waals surface area contributed by atoms with Gasteiger partial charge in [-0.05, 0) is 41.1 Å². The third kappa shape index (κ3) is 3.56. The molecular weight excluding hydrogens is 222 g/mol. The minimum Gasteiger partial charge on any atom is -0.387 e. The molecule has 0 bridgehead atoms. The minimum absolute atomic E-state index is 0.379. The van der Waals surface area contributed by atoms with Crippen molar-refractivity contribution in [1.29, 1.82) is 0 Å². The first-order valence-electron chi connectivity index (χ1n) is 5.85. The van der Waals surface area contributed by atoms with E-state index in [1.807, 2.05) is 16.8 Å². The fraction of sp³-hybridized carbons (Fsp3) is 0.667. The fourth-order valence-corrected chi connectivity index (χ4v) is 2.68. The van der Waals surface area contributed by atoms with Gasteiger partial charge in [-0.2, -0.15) is 11.3 Å². The van der Waals surface area contributed by atoms with Crippen LogP contribution in [-0.2, 0) is 4.74 Å². The second-order valence-electron chi connectivity index (χ2n) is 4.31. The Hall–Kier alpha value is -0.420. The van der Waals surface area contributed by atoms with Crippen LogP contribution in [0.2, 0.25) is 0 Å². The second kappa shape index (κ2) is 6.35. The van der Waals surface area contributed by atoms with Crippen LogP contribution in [0.25, 0.3) is 0 Å². The molecule has 2 rings (SSSR count). The molecule has 1 saturated heterocycles. The van der Waals surface area contributed by atoms with Gasteiger partial charge in [0, 0.05) is 19.7 Å². The summed E-state index contributed by atoms with van der Waals surface area (Å²) in [6.07, 6.45) is 2.02. The lowest BCUT2D eigenvalue weighted by Crippen LogP contribution is -2.31. The second-order valence-corrected chi connectivity index (χ2v) is 5.09. The Balaban J connectivity index is 1.63. The third-order valence-electron chi connectivity index (χ3n) is 2.95. The van der Waals surface area contributed by atoms with Crippen molar-refractivity contribution < 1.29 is 9.84 Å². The largest absolute Gasteiger partial charge is 0.387 e. The summed E-state index contributed by atoms with van der Waals surface area (Å²) in [7, 11) is 0. The van der Waals surface area contributed by atoms with Gasteiger partial charge in [0.1, 0.15) is 0 Å². The van der Waals surface area contributed by atoms with Crippen molar-refractivity contribution in [3.63, 3.8) is 0 Å². The van der Waals surface area contributed by atoms with Crippen LogP contribution in [0.1, 0.15) is 24.5 Å². The monoisotopic (exact) mass is 241 g/mol. The van der Waals surface area contributed by atoms with E-state index in [9.17, 15) is 5.11 Å². The Morgan fingerprint density at radius 3 is 3.25 bits per heavy atom. The maximum absolute atomic E-state index is 9.85. The van der Waals surface area contributed by atoms with Gasteiger partial charge in [0.15, 0.2) is 0 Å². The van der Waals surface area contributed by atoms with Crippen molar-refractivity contribution >= 4 is 11.3 Å². The molecule has 2 atom stereocenters. The highest BCUT2D eigenvalue weighted by Crippen LogP contribution is 2.16. The molecule has 1 aliphatic heterocycles. The van der Waals surface area contributed by atoms with E-state index >= 15 is 0 Å². The van der Waals surface area contributed by atoms with Crippen molar-refractivity contribution in [2.24, 2.45) is 5.92 Å². The number of aliphatic hydroxyl groups is 1. The van der Waals surface area contributed by atoms with E-state index in [-0.39, 0.29) is 6.10 Å². The first-order chi connectivity index (χ1) is 7.86. The quantitative estimate of drug-likeness (QED) is 0.826. The topological polar surface area (TPSA) is 41.5 Å². The lowest BCUT2D eigenvalue weighted by molar-refractivity contribution is 0.0532. The van der Waals surface area contributed by atoms with Crippen LogP contribution in [0, 0.1) is 5.92 Å². The minimum atomic E-state index is -0.379. The number of thiophene rings is 1. The van der Waals surface area contributed by atoms with Gasteiger partial charge in [0.05, 0.1) is 12.7 Å². The molecule has 1 aliphatic rings. The molecule has 0 saturated carbocycles. The molecule has 1 fully saturated rings. The molecule has 2 unspecified atom stereocenters. The lowest BCUT2D eigenvalue weighted by Gasteiger charge is -2.22. The van der Waals surface area contributed by atoms with Crippen LogP contribution in [0.5, 0.6) is 0 Å². The van der Waals surface area contributed by atoms with Crippen molar-refractivity contribution in [3.05, 3.63) is 22.4 Å². The van der Waals surface area contributed by atoms with Crippen molar-refractivity contribution in [3.8, 4) is 0 Å². The number of hydrogen-bond acceptors (Lipinski definition) is 4. The van der Waals surface area contributed by atoms with Crippen molar-refractivity contribution in [2.45, 2.75) is 18.9 Å². The maximum atomic E-state index is 9.85. The summed E-state index contributed by atoms with van der Waals surface area (Å²) >= 11 is 1.62. The first-order valence-corrected chi connectivity index (χ1v) is 6.79. The summed E-state index contributed by atoms with van der Waals surface area (Å²) in [5.74, 6) is 0.614. The zero-order valence-electron chi connectivity index (χ0n) is 9.39. The van der Waals surface area contributed by atoms with E-state index in [1.165, 1.54) is 12.8 Å². The van der Waals surface area contributed by atoms with Gasteiger partial charge < -0.3 is 15.2 Å². The van der Waals surface area contributed by atoms with Crippen LogP contribution >= 0.6 is 11.3 Å². The molecule has 4 heteroatoms. The Morgan fingerprint density at radius 1 is 1.62 bits per heavy atom. The van der Waals surface area contributed by atoms with Gasteiger partial charge in [-0.25, -0.2) is 0 Å². The first kappa shape index (κ1) is 12.0. The number of hydrogen-bond donors (Lipinski definition) is 2. The van der Waals surface area contributed by atoms with Crippen molar-refractivity contribution in [1.82, 2.24) is 5.32 Å². The summed E-state index contributed by atoms with van der Waals surface area (Å²) < 4.78 is 5.41. The highest BCUT2D eigenvalue weighted by atomic mass is 32.1. The van der Waals surface area contributed by atoms with Gasteiger partial charge in [0.2, 0.25) is 0 Å². The molecule has 16 heavy (non-hydrogen) atoms. The third-order valence-corrected chi connectivity index (χ3v) is 3.65. The van der Waals surface area contributed by atoms with Gasteiger partial charge in [0.25, 0.3) is 0 Å². The summed E-state index contributed by atoms with van der Waals surface area (Å²) in [5.41, 5.74) is 1.01. The van der Waals surface area contributed by atoms with E-state index in [4.69, 9.17) is 4.74 Å². The molecule has 0 spiro atoms. The van der Waals surface area contributed by atoms with E-state index in [0.29, 0.717) is 12.5 Å².